The Morgan fingerprint density at radius 1 is 1.03 bits per heavy atom. The van der Waals surface area contributed by atoms with Gasteiger partial charge in [-0.2, -0.15) is 10.2 Å². The van der Waals surface area contributed by atoms with Crippen LogP contribution in [0.2, 0.25) is 0 Å². The first-order valence-corrected chi connectivity index (χ1v) is 10.6. The zero-order valence-corrected chi connectivity index (χ0v) is 18.3. The lowest BCUT2D eigenvalue weighted by molar-refractivity contribution is 0.612. The van der Waals surface area contributed by atoms with E-state index in [4.69, 9.17) is 5.10 Å². The molecule has 1 unspecified atom stereocenters. The fraction of sp³-hybridized carbons (Fsp3) is 0.174. The van der Waals surface area contributed by atoms with Crippen LogP contribution in [0.15, 0.2) is 76.7 Å². The van der Waals surface area contributed by atoms with Crippen molar-refractivity contribution in [1.82, 2.24) is 24.8 Å². The van der Waals surface area contributed by atoms with E-state index >= 15 is 0 Å². The summed E-state index contributed by atoms with van der Waals surface area (Å²) in [6, 6.07) is 18.5. The monoisotopic (exact) mass is 460 g/mol. The highest BCUT2D eigenvalue weighted by Gasteiger charge is 2.29. The van der Waals surface area contributed by atoms with E-state index in [1.54, 1.807) is 0 Å². The fourth-order valence-electron chi connectivity index (χ4n) is 3.90. The Bertz CT molecular complexity index is 1220. The Kier molecular flexibility index (Phi) is 4.75. The first-order valence-electron chi connectivity index (χ1n) is 9.84. The van der Waals surface area contributed by atoms with Crippen molar-refractivity contribution < 1.29 is 0 Å². The molecule has 0 saturated heterocycles. The molecule has 4 aromatic rings. The molecule has 1 aliphatic heterocycles. The highest BCUT2D eigenvalue weighted by atomic mass is 79.9. The Morgan fingerprint density at radius 3 is 2.50 bits per heavy atom. The number of nitrogens with zero attached hydrogens (tertiary/aromatic N) is 5. The summed E-state index contributed by atoms with van der Waals surface area (Å²) in [6.07, 6.45) is 4.68. The number of imidazole rings is 1. The lowest BCUT2D eigenvalue weighted by Gasteiger charge is -2.15. The molecule has 6 nitrogen and oxygen atoms in total. The number of para-hydroxylation sites is 1. The third kappa shape index (κ3) is 3.35. The molecule has 0 aliphatic carbocycles. The molecule has 0 spiro atoms. The van der Waals surface area contributed by atoms with Crippen molar-refractivity contribution in [3.8, 4) is 11.5 Å². The van der Waals surface area contributed by atoms with Gasteiger partial charge in [0.2, 0.25) is 0 Å². The molecule has 5 rings (SSSR count). The van der Waals surface area contributed by atoms with Crippen LogP contribution in [0.1, 0.15) is 35.0 Å². The highest BCUT2D eigenvalue weighted by Crippen LogP contribution is 2.33. The van der Waals surface area contributed by atoms with Gasteiger partial charge in [0.1, 0.15) is 12.1 Å². The maximum atomic E-state index is 4.89. The maximum Gasteiger partial charge on any atom is 0.147 e. The van der Waals surface area contributed by atoms with Crippen LogP contribution in [0.3, 0.4) is 0 Å². The molecular weight excluding hydrogens is 440 g/mol. The van der Waals surface area contributed by atoms with Crippen LogP contribution in [-0.4, -0.2) is 25.0 Å². The molecule has 0 saturated carbocycles. The Balaban J connectivity index is 1.57. The molecule has 0 fully saturated rings. The minimum Gasteiger partial charge on any atom is -0.302 e. The van der Waals surface area contributed by atoms with E-state index in [1.807, 2.05) is 54.5 Å². The van der Waals surface area contributed by atoms with Crippen LogP contribution in [-0.2, 0) is 0 Å². The van der Waals surface area contributed by atoms with Gasteiger partial charge >= 0.3 is 0 Å². The second-order valence-electron chi connectivity index (χ2n) is 7.44. The predicted octanol–water partition coefficient (Wildman–Crippen LogP) is 4.88. The van der Waals surface area contributed by atoms with Crippen molar-refractivity contribution in [1.29, 1.82) is 0 Å². The summed E-state index contributed by atoms with van der Waals surface area (Å²) in [6.45, 7) is 4.05. The SMILES string of the molecule is Cc1cn(-c2c(C3CC(c4ccc(Br)cc4)=NN3)c(C)nn2-c2ccccc2)cn1. The molecule has 1 atom stereocenters. The van der Waals surface area contributed by atoms with Crippen LogP contribution < -0.4 is 5.43 Å². The Hall–Kier alpha value is -3.19. The molecule has 0 amide bonds. The topological polar surface area (TPSA) is 60.0 Å². The van der Waals surface area contributed by atoms with Crippen LogP contribution in [0.25, 0.3) is 11.5 Å². The zero-order valence-electron chi connectivity index (χ0n) is 16.7. The lowest BCUT2D eigenvalue weighted by Crippen LogP contribution is -2.14. The molecule has 3 heterocycles. The van der Waals surface area contributed by atoms with E-state index in [-0.39, 0.29) is 6.04 Å². The lowest BCUT2D eigenvalue weighted by atomic mass is 9.99. The van der Waals surface area contributed by atoms with E-state index in [0.717, 1.165) is 50.6 Å². The van der Waals surface area contributed by atoms with E-state index in [1.165, 1.54) is 0 Å². The van der Waals surface area contributed by atoms with Crippen LogP contribution in [0, 0.1) is 13.8 Å². The molecule has 2 aromatic heterocycles. The minimum absolute atomic E-state index is 0.0406. The molecule has 1 aliphatic rings. The normalized spacial score (nSPS) is 15.8. The molecule has 1 N–H and O–H groups in total. The standard InChI is InChI=1S/C23H21BrN6/c1-15-13-29(14-25-15)23-22(16(2)28-30(23)19-6-4-3-5-7-19)21-12-20(26-27-21)17-8-10-18(24)11-9-17/h3-11,13-14,21,27H,12H2,1-2H3. The van der Waals surface area contributed by atoms with Gasteiger partial charge in [0.05, 0.1) is 28.8 Å². The van der Waals surface area contributed by atoms with Crippen molar-refractivity contribution in [2.75, 3.05) is 0 Å². The van der Waals surface area contributed by atoms with Crippen molar-refractivity contribution in [3.05, 3.63) is 94.1 Å². The Labute approximate surface area is 183 Å². The van der Waals surface area contributed by atoms with Crippen molar-refractivity contribution in [2.45, 2.75) is 26.3 Å². The van der Waals surface area contributed by atoms with Gasteiger partial charge in [-0.15, -0.1) is 0 Å². The summed E-state index contributed by atoms with van der Waals surface area (Å²) in [7, 11) is 0. The number of aryl methyl sites for hydroxylation is 2. The van der Waals surface area contributed by atoms with Gasteiger partial charge < -0.3 is 5.43 Å². The smallest absolute Gasteiger partial charge is 0.147 e. The second kappa shape index (κ2) is 7.57. The summed E-state index contributed by atoms with van der Waals surface area (Å²) < 4.78 is 5.11. The molecule has 2 aromatic carbocycles. The van der Waals surface area contributed by atoms with E-state index in [0.29, 0.717) is 0 Å². The average Bonchev–Trinajstić information content (AvgIpc) is 3.47. The summed E-state index contributed by atoms with van der Waals surface area (Å²) in [4.78, 5) is 4.44. The quantitative estimate of drug-likeness (QED) is 0.472. The number of rotatable bonds is 4. The molecular formula is C23H21BrN6. The van der Waals surface area contributed by atoms with Crippen LogP contribution in [0.4, 0.5) is 0 Å². The fourth-order valence-corrected chi connectivity index (χ4v) is 4.17. The number of hydrogen-bond acceptors (Lipinski definition) is 4. The number of halogens is 1. The third-order valence-corrected chi connectivity index (χ3v) is 5.85. The summed E-state index contributed by atoms with van der Waals surface area (Å²) in [5.41, 5.74) is 9.61. The molecule has 0 radical (unpaired) electrons. The molecule has 30 heavy (non-hydrogen) atoms. The van der Waals surface area contributed by atoms with Crippen LogP contribution in [0.5, 0.6) is 0 Å². The van der Waals surface area contributed by atoms with Gasteiger partial charge in [0, 0.05) is 22.7 Å². The van der Waals surface area contributed by atoms with Gasteiger partial charge in [-0.25, -0.2) is 9.67 Å². The first kappa shape index (κ1) is 18.8. The number of hydrazone groups is 1. The van der Waals surface area contributed by atoms with Gasteiger partial charge in [-0.05, 0) is 43.7 Å². The van der Waals surface area contributed by atoms with E-state index < -0.39 is 0 Å². The summed E-state index contributed by atoms with van der Waals surface area (Å²) in [5.74, 6) is 0.990. The van der Waals surface area contributed by atoms with Crippen LogP contribution >= 0.6 is 15.9 Å². The molecule has 7 heteroatoms. The summed E-state index contributed by atoms with van der Waals surface area (Å²) >= 11 is 3.50. The van der Waals surface area contributed by atoms with Crippen molar-refractivity contribution in [2.24, 2.45) is 5.10 Å². The van der Waals surface area contributed by atoms with Crippen molar-refractivity contribution in [3.63, 3.8) is 0 Å². The number of aromatic nitrogens is 4. The number of benzene rings is 2. The Morgan fingerprint density at radius 2 is 1.80 bits per heavy atom. The van der Waals surface area contributed by atoms with Gasteiger partial charge in [0.15, 0.2) is 0 Å². The largest absolute Gasteiger partial charge is 0.302 e. The first-order chi connectivity index (χ1) is 14.6. The number of hydrogen-bond donors (Lipinski definition) is 1. The van der Waals surface area contributed by atoms with Gasteiger partial charge in [-0.1, -0.05) is 46.3 Å². The maximum absolute atomic E-state index is 4.89. The predicted molar refractivity (Wildman–Crippen MR) is 121 cm³/mol. The van der Waals surface area contributed by atoms with Gasteiger partial charge in [0.25, 0.3) is 0 Å². The molecule has 0 bridgehead atoms. The zero-order chi connectivity index (χ0) is 20.7. The van der Waals surface area contributed by atoms with Crippen molar-refractivity contribution >= 4 is 21.6 Å². The average molecular weight is 461 g/mol. The third-order valence-electron chi connectivity index (χ3n) is 5.32. The van der Waals surface area contributed by atoms with E-state index in [2.05, 4.69) is 67.2 Å². The minimum atomic E-state index is 0.0406. The number of nitrogens with one attached hydrogen (secondary N) is 1. The second-order valence-corrected chi connectivity index (χ2v) is 8.36. The highest BCUT2D eigenvalue weighted by molar-refractivity contribution is 9.10. The summed E-state index contributed by atoms with van der Waals surface area (Å²) in [5, 5.41) is 9.54. The van der Waals surface area contributed by atoms with Gasteiger partial charge in [-0.3, -0.25) is 4.57 Å². The molecule has 150 valence electrons. The van der Waals surface area contributed by atoms with E-state index in [9.17, 15) is 0 Å².